The van der Waals surface area contributed by atoms with Crippen molar-refractivity contribution in [2.45, 2.75) is 62.2 Å². The summed E-state index contributed by atoms with van der Waals surface area (Å²) in [7, 11) is 0. The lowest BCUT2D eigenvalue weighted by molar-refractivity contribution is -0.548. The molecular formula is C17H9F17O4. The molecular weight excluding hydrogens is 591 g/mol. The van der Waals surface area contributed by atoms with Crippen LogP contribution in [0.5, 0.6) is 5.75 Å². The second kappa shape index (κ2) is 9.56. The van der Waals surface area contributed by atoms with E-state index in [0.29, 0.717) is 6.07 Å². The van der Waals surface area contributed by atoms with Crippen LogP contribution in [0.4, 0.5) is 74.6 Å². The Morgan fingerprint density at radius 2 is 1.11 bits per heavy atom. The number of hydrogen-bond donors (Lipinski definition) is 0. The lowest BCUT2D eigenvalue weighted by Crippen LogP contribution is -2.68. The Bertz CT molecular complexity index is 1030. The molecule has 4 nitrogen and oxygen atoms in total. The monoisotopic (exact) mass is 600 g/mol. The second-order valence-electron chi connectivity index (χ2n) is 7.08. The van der Waals surface area contributed by atoms with Crippen molar-refractivity contribution in [3.05, 3.63) is 29.3 Å². The van der Waals surface area contributed by atoms with Gasteiger partial charge in [-0.15, -0.1) is 0 Å². The lowest BCUT2D eigenvalue weighted by atomic mass is 10.1. The number of hydrogen-bond acceptors (Lipinski definition) is 4. The summed E-state index contributed by atoms with van der Waals surface area (Å²) in [6.07, 6.45) is -38.7. The van der Waals surface area contributed by atoms with E-state index in [9.17, 15) is 79.4 Å². The summed E-state index contributed by atoms with van der Waals surface area (Å²) in [6, 6.07) is 2.67. The third-order valence-corrected chi connectivity index (χ3v) is 4.38. The van der Waals surface area contributed by atoms with Crippen LogP contribution in [0.25, 0.3) is 0 Å². The van der Waals surface area contributed by atoms with Gasteiger partial charge in [0.05, 0.1) is 0 Å². The molecule has 0 heterocycles. The fourth-order valence-corrected chi connectivity index (χ4v) is 2.15. The first-order valence-electron chi connectivity index (χ1n) is 8.89. The molecule has 0 aliphatic carbocycles. The third-order valence-electron chi connectivity index (χ3n) is 4.38. The summed E-state index contributed by atoms with van der Waals surface area (Å²) >= 11 is 0. The largest absolute Gasteiger partial charge is 0.462 e. The molecule has 0 radical (unpaired) electrons. The first kappa shape index (κ1) is 33.4. The van der Waals surface area contributed by atoms with Crippen molar-refractivity contribution in [2.24, 2.45) is 0 Å². The van der Waals surface area contributed by atoms with Crippen LogP contribution < -0.4 is 4.74 Å². The molecule has 0 saturated carbocycles. The molecule has 0 saturated heterocycles. The highest BCUT2D eigenvalue weighted by molar-refractivity contribution is 5.81. The molecule has 2 atom stereocenters. The average molecular weight is 600 g/mol. The summed E-state index contributed by atoms with van der Waals surface area (Å²) in [5.74, 6) is -27.7. The third kappa shape index (κ3) is 5.71. The highest BCUT2D eigenvalue weighted by Gasteiger charge is 2.85. The number of esters is 1. The fourth-order valence-electron chi connectivity index (χ4n) is 2.15. The van der Waals surface area contributed by atoms with Gasteiger partial charge in [0.1, 0.15) is 5.75 Å². The highest BCUT2D eigenvalue weighted by atomic mass is 19.4. The normalized spacial score (nSPS) is 17.6. The Hall–Kier alpha value is -2.58. The van der Waals surface area contributed by atoms with Crippen molar-refractivity contribution in [3.63, 3.8) is 0 Å². The smallest absolute Gasteiger partial charge is 0.422 e. The number of rotatable bonds is 8. The van der Waals surface area contributed by atoms with Gasteiger partial charge < -0.3 is 4.74 Å². The zero-order valence-electron chi connectivity index (χ0n) is 17.8. The molecule has 1 aromatic carbocycles. The van der Waals surface area contributed by atoms with Crippen LogP contribution >= 0.6 is 0 Å². The Labute approximate surface area is 198 Å². The summed E-state index contributed by atoms with van der Waals surface area (Å²) < 4.78 is 230. The molecule has 0 aliphatic rings. The van der Waals surface area contributed by atoms with Gasteiger partial charge >= 0.3 is 54.3 Å². The SMILES string of the molecule is Cc1cccc(OC(=O)[C@](F)(OC(F)(F)[C@](F)(OC(F)(F)C(F)(F)C(F)(F)F)C(F)(F)F)C(F)(F)F)c1C. The van der Waals surface area contributed by atoms with Gasteiger partial charge in [0.2, 0.25) is 0 Å². The van der Waals surface area contributed by atoms with E-state index in [2.05, 4.69) is 4.74 Å². The minimum absolute atomic E-state index is 0.0686. The van der Waals surface area contributed by atoms with E-state index in [1.165, 1.54) is 17.7 Å². The van der Waals surface area contributed by atoms with E-state index >= 15 is 0 Å². The van der Waals surface area contributed by atoms with Crippen molar-refractivity contribution < 1.29 is 93.6 Å². The van der Waals surface area contributed by atoms with Crippen LogP contribution in [-0.2, 0) is 14.3 Å². The molecule has 0 bridgehead atoms. The number of benzene rings is 1. The maximum absolute atomic E-state index is 14.5. The van der Waals surface area contributed by atoms with Gasteiger partial charge in [0, 0.05) is 0 Å². The van der Waals surface area contributed by atoms with Crippen molar-refractivity contribution in [1.29, 1.82) is 0 Å². The predicted octanol–water partition coefficient (Wildman–Crippen LogP) is 7.08. The molecule has 220 valence electrons. The zero-order chi connectivity index (χ0) is 30.6. The van der Waals surface area contributed by atoms with E-state index in [4.69, 9.17) is 0 Å². The molecule has 0 unspecified atom stereocenters. The lowest BCUT2D eigenvalue weighted by Gasteiger charge is -2.39. The highest BCUT2D eigenvalue weighted by Crippen LogP contribution is 2.56. The maximum atomic E-state index is 14.5. The summed E-state index contributed by atoms with van der Waals surface area (Å²) in [6.45, 7) is 2.16. The van der Waals surface area contributed by atoms with Gasteiger partial charge in [-0.2, -0.15) is 74.6 Å². The van der Waals surface area contributed by atoms with Gasteiger partial charge in [-0.1, -0.05) is 12.1 Å². The van der Waals surface area contributed by atoms with E-state index < -0.39 is 60.1 Å². The van der Waals surface area contributed by atoms with Crippen LogP contribution in [0.1, 0.15) is 11.1 Å². The molecule has 21 heteroatoms. The number of alkyl halides is 17. The second-order valence-corrected chi connectivity index (χ2v) is 7.08. The number of aryl methyl sites for hydroxylation is 1. The van der Waals surface area contributed by atoms with Crippen LogP contribution in [0, 0.1) is 13.8 Å². The molecule has 0 aromatic heterocycles. The Morgan fingerprint density at radius 3 is 1.50 bits per heavy atom. The minimum Gasteiger partial charge on any atom is -0.422 e. The van der Waals surface area contributed by atoms with Gasteiger partial charge in [-0.25, -0.2) is 4.79 Å². The summed E-state index contributed by atoms with van der Waals surface area (Å²) in [5, 5.41) is 0. The summed E-state index contributed by atoms with van der Waals surface area (Å²) in [5.41, 5.74) is -0.247. The van der Waals surface area contributed by atoms with E-state index in [1.54, 1.807) is 0 Å². The van der Waals surface area contributed by atoms with Crippen LogP contribution in [0.15, 0.2) is 18.2 Å². The Morgan fingerprint density at radius 1 is 0.632 bits per heavy atom. The van der Waals surface area contributed by atoms with Crippen molar-refractivity contribution >= 4 is 5.97 Å². The van der Waals surface area contributed by atoms with Crippen LogP contribution in [0.2, 0.25) is 0 Å². The molecule has 38 heavy (non-hydrogen) atoms. The van der Waals surface area contributed by atoms with Crippen LogP contribution in [-0.4, -0.2) is 54.3 Å². The molecule has 0 spiro atoms. The summed E-state index contributed by atoms with van der Waals surface area (Å²) in [4.78, 5) is 11.7. The number of halogens is 17. The van der Waals surface area contributed by atoms with E-state index in [1.807, 2.05) is 4.74 Å². The van der Waals surface area contributed by atoms with E-state index in [-0.39, 0.29) is 11.1 Å². The van der Waals surface area contributed by atoms with E-state index in [0.717, 1.165) is 13.0 Å². The van der Waals surface area contributed by atoms with Gasteiger partial charge in [0.15, 0.2) is 0 Å². The topological polar surface area (TPSA) is 44.8 Å². The van der Waals surface area contributed by atoms with Gasteiger partial charge in [0.25, 0.3) is 0 Å². The van der Waals surface area contributed by atoms with Crippen molar-refractivity contribution in [2.75, 3.05) is 0 Å². The van der Waals surface area contributed by atoms with Gasteiger partial charge in [-0.05, 0) is 31.0 Å². The molecule has 0 N–H and O–H groups in total. The molecule has 0 fully saturated rings. The molecule has 1 aromatic rings. The van der Waals surface area contributed by atoms with Crippen molar-refractivity contribution in [3.8, 4) is 5.75 Å². The average Bonchev–Trinajstić information content (AvgIpc) is 2.67. The zero-order valence-corrected chi connectivity index (χ0v) is 17.8. The first-order valence-corrected chi connectivity index (χ1v) is 8.89. The number of ether oxygens (including phenoxy) is 3. The fraction of sp³-hybridized carbons (Fsp3) is 0.588. The molecule has 1 rings (SSSR count). The van der Waals surface area contributed by atoms with Crippen molar-refractivity contribution in [1.82, 2.24) is 0 Å². The standard InChI is InChI=1S/C17H9F17O4/c1-6-4-3-5-8(7(6)2)36-9(35)10(18,13(22,23)24)37-17(33,34)12(21,15(28,29)30)38-16(31,32)11(19,20)14(25,26)27/h3-5H,1-2H3/t10-,12+/m0/s1. The quantitative estimate of drug-likeness (QED) is 0.182. The Kier molecular flexibility index (Phi) is 8.41. The first-order chi connectivity index (χ1) is 16.5. The molecule has 0 amide bonds. The maximum Gasteiger partial charge on any atom is 0.462 e. The van der Waals surface area contributed by atoms with Gasteiger partial charge in [-0.3, -0.25) is 9.47 Å². The minimum atomic E-state index is -8.08. The number of carbonyl (C=O) groups excluding carboxylic acids is 1. The Balaban J connectivity index is 3.67. The number of carbonyl (C=O) groups is 1. The predicted molar refractivity (Wildman–Crippen MR) is 84.4 cm³/mol. The molecule has 0 aliphatic heterocycles. The van der Waals surface area contributed by atoms with Crippen LogP contribution in [0.3, 0.4) is 0 Å².